The molecule has 0 aromatic heterocycles. The van der Waals surface area contributed by atoms with Crippen LogP contribution in [0.1, 0.15) is 36.0 Å². The van der Waals surface area contributed by atoms with Gasteiger partial charge in [-0.15, -0.1) is 0 Å². The first-order valence-corrected chi connectivity index (χ1v) is 5.87. The van der Waals surface area contributed by atoms with Gasteiger partial charge in [0.1, 0.15) is 0 Å². The van der Waals surface area contributed by atoms with Crippen molar-refractivity contribution >= 4 is 17.5 Å². The highest BCUT2D eigenvalue weighted by atomic mass is 16.2. The van der Waals surface area contributed by atoms with Gasteiger partial charge < -0.3 is 5.73 Å². The number of hydrogen-bond donors (Lipinski definition) is 2. The average molecular weight is 232 g/mol. The van der Waals surface area contributed by atoms with Crippen LogP contribution in [-0.4, -0.2) is 11.8 Å². The summed E-state index contributed by atoms with van der Waals surface area (Å²) in [6.07, 6.45) is 3.92. The van der Waals surface area contributed by atoms with Crippen molar-refractivity contribution in [2.75, 3.05) is 5.73 Å². The average Bonchev–Trinajstić information content (AvgIpc) is 2.82. The van der Waals surface area contributed by atoms with E-state index in [-0.39, 0.29) is 17.7 Å². The van der Waals surface area contributed by atoms with E-state index in [2.05, 4.69) is 5.32 Å². The SMILES string of the molecule is Nc1cccc(C(=O)NC(=O)C2CCCC2)c1. The summed E-state index contributed by atoms with van der Waals surface area (Å²) in [5.41, 5.74) is 6.53. The van der Waals surface area contributed by atoms with Crippen LogP contribution in [-0.2, 0) is 4.79 Å². The van der Waals surface area contributed by atoms with E-state index in [1.807, 2.05) is 0 Å². The lowest BCUT2D eigenvalue weighted by Crippen LogP contribution is -2.34. The minimum Gasteiger partial charge on any atom is -0.399 e. The molecule has 0 aliphatic heterocycles. The Labute approximate surface area is 100 Å². The van der Waals surface area contributed by atoms with E-state index in [0.29, 0.717) is 11.3 Å². The fourth-order valence-electron chi connectivity index (χ4n) is 2.15. The van der Waals surface area contributed by atoms with Crippen LogP contribution < -0.4 is 11.1 Å². The van der Waals surface area contributed by atoms with Gasteiger partial charge in [-0.2, -0.15) is 0 Å². The lowest BCUT2D eigenvalue weighted by Gasteiger charge is -2.09. The highest BCUT2D eigenvalue weighted by Gasteiger charge is 2.24. The van der Waals surface area contributed by atoms with Crippen molar-refractivity contribution in [1.82, 2.24) is 5.32 Å². The van der Waals surface area contributed by atoms with Gasteiger partial charge in [-0.3, -0.25) is 14.9 Å². The van der Waals surface area contributed by atoms with E-state index in [1.165, 1.54) is 0 Å². The molecule has 3 N–H and O–H groups in total. The summed E-state index contributed by atoms with van der Waals surface area (Å²) < 4.78 is 0. The Morgan fingerprint density at radius 3 is 2.59 bits per heavy atom. The molecular formula is C13H16N2O2. The summed E-state index contributed by atoms with van der Waals surface area (Å²) in [5.74, 6) is -0.524. The summed E-state index contributed by atoms with van der Waals surface area (Å²) in [4.78, 5) is 23.5. The third kappa shape index (κ3) is 2.84. The highest BCUT2D eigenvalue weighted by molar-refractivity contribution is 6.05. The zero-order chi connectivity index (χ0) is 12.3. The molecule has 0 atom stereocenters. The van der Waals surface area contributed by atoms with Crippen molar-refractivity contribution in [1.29, 1.82) is 0 Å². The summed E-state index contributed by atoms with van der Waals surface area (Å²) in [5, 5.41) is 2.43. The number of rotatable bonds is 2. The maximum Gasteiger partial charge on any atom is 0.257 e. The first kappa shape index (κ1) is 11.6. The molecule has 0 bridgehead atoms. The van der Waals surface area contributed by atoms with Crippen molar-refractivity contribution in [2.45, 2.75) is 25.7 Å². The molecule has 2 amide bonds. The van der Waals surface area contributed by atoms with E-state index in [4.69, 9.17) is 5.73 Å². The Bertz CT molecular complexity index is 437. The van der Waals surface area contributed by atoms with E-state index in [0.717, 1.165) is 25.7 Å². The van der Waals surface area contributed by atoms with Gasteiger partial charge in [0.15, 0.2) is 0 Å². The summed E-state index contributed by atoms with van der Waals surface area (Å²) in [7, 11) is 0. The van der Waals surface area contributed by atoms with Crippen LogP contribution in [0.25, 0.3) is 0 Å². The van der Waals surface area contributed by atoms with Crippen molar-refractivity contribution in [2.24, 2.45) is 5.92 Å². The summed E-state index contributed by atoms with van der Waals surface area (Å²) in [6.45, 7) is 0. The number of nitrogen functional groups attached to an aromatic ring is 1. The van der Waals surface area contributed by atoms with Gasteiger partial charge in [-0.05, 0) is 31.0 Å². The second-order valence-electron chi connectivity index (χ2n) is 4.43. The molecule has 1 fully saturated rings. The van der Waals surface area contributed by atoms with Crippen LogP contribution in [0.3, 0.4) is 0 Å². The second-order valence-corrected chi connectivity index (χ2v) is 4.43. The van der Waals surface area contributed by atoms with Crippen LogP contribution in [0.2, 0.25) is 0 Å². The number of anilines is 1. The van der Waals surface area contributed by atoms with Crippen molar-refractivity contribution in [3.05, 3.63) is 29.8 Å². The normalized spacial score (nSPS) is 15.8. The second kappa shape index (κ2) is 4.99. The lowest BCUT2D eigenvalue weighted by molar-refractivity contribution is -0.123. The Morgan fingerprint density at radius 2 is 1.94 bits per heavy atom. The quantitative estimate of drug-likeness (QED) is 0.602. The van der Waals surface area contributed by atoms with Gasteiger partial charge in [0.2, 0.25) is 5.91 Å². The van der Waals surface area contributed by atoms with Crippen LogP contribution in [0.5, 0.6) is 0 Å². The first-order chi connectivity index (χ1) is 8.16. The molecule has 0 saturated heterocycles. The first-order valence-electron chi connectivity index (χ1n) is 5.87. The molecule has 4 heteroatoms. The molecule has 0 radical (unpaired) electrons. The van der Waals surface area contributed by atoms with E-state index in [1.54, 1.807) is 24.3 Å². The molecule has 0 spiro atoms. The molecule has 4 nitrogen and oxygen atoms in total. The number of imide groups is 1. The number of carbonyl (C=O) groups excluding carboxylic acids is 2. The molecule has 1 saturated carbocycles. The van der Waals surface area contributed by atoms with E-state index in [9.17, 15) is 9.59 Å². The number of nitrogens with one attached hydrogen (secondary N) is 1. The maximum atomic E-state index is 11.8. The summed E-state index contributed by atoms with van der Waals surface area (Å²) in [6, 6.07) is 6.62. The van der Waals surface area contributed by atoms with Crippen LogP contribution in [0.15, 0.2) is 24.3 Å². The van der Waals surface area contributed by atoms with Gasteiger partial charge in [0, 0.05) is 17.2 Å². The smallest absolute Gasteiger partial charge is 0.257 e. The molecule has 2 rings (SSSR count). The van der Waals surface area contributed by atoms with Gasteiger partial charge in [0.25, 0.3) is 5.91 Å². The Balaban J connectivity index is 1.99. The Morgan fingerprint density at radius 1 is 1.24 bits per heavy atom. The maximum absolute atomic E-state index is 11.8. The van der Waals surface area contributed by atoms with Gasteiger partial charge in [0.05, 0.1) is 0 Å². The van der Waals surface area contributed by atoms with Crippen LogP contribution >= 0.6 is 0 Å². The molecule has 17 heavy (non-hydrogen) atoms. The number of hydrogen-bond acceptors (Lipinski definition) is 3. The lowest BCUT2D eigenvalue weighted by atomic mass is 10.1. The fourth-order valence-corrected chi connectivity index (χ4v) is 2.15. The standard InChI is InChI=1S/C13H16N2O2/c14-11-7-3-6-10(8-11)13(17)15-12(16)9-4-1-2-5-9/h3,6-9H,1-2,4-5,14H2,(H,15,16,17). The van der Waals surface area contributed by atoms with Crippen LogP contribution in [0, 0.1) is 5.92 Å². The number of amides is 2. The molecule has 0 unspecified atom stereocenters. The number of nitrogens with two attached hydrogens (primary N) is 1. The molecule has 1 aromatic carbocycles. The molecule has 90 valence electrons. The molecule has 1 aliphatic carbocycles. The predicted molar refractivity (Wildman–Crippen MR) is 65.3 cm³/mol. The molecular weight excluding hydrogens is 216 g/mol. The molecule has 1 aliphatic rings. The van der Waals surface area contributed by atoms with Gasteiger partial charge >= 0.3 is 0 Å². The molecule has 0 heterocycles. The zero-order valence-corrected chi connectivity index (χ0v) is 9.61. The minimum absolute atomic E-state index is 0.00000850. The van der Waals surface area contributed by atoms with Gasteiger partial charge in [-0.1, -0.05) is 18.9 Å². The Hall–Kier alpha value is -1.84. The minimum atomic E-state index is -0.366. The predicted octanol–water partition coefficient (Wildman–Crippen LogP) is 1.72. The van der Waals surface area contributed by atoms with Gasteiger partial charge in [-0.25, -0.2) is 0 Å². The largest absolute Gasteiger partial charge is 0.399 e. The van der Waals surface area contributed by atoms with Crippen molar-refractivity contribution in [3.63, 3.8) is 0 Å². The van der Waals surface area contributed by atoms with E-state index < -0.39 is 0 Å². The molecule has 1 aromatic rings. The third-order valence-electron chi connectivity index (χ3n) is 3.11. The van der Waals surface area contributed by atoms with Crippen molar-refractivity contribution in [3.8, 4) is 0 Å². The number of carbonyl (C=O) groups is 2. The number of benzene rings is 1. The fraction of sp³-hybridized carbons (Fsp3) is 0.385. The third-order valence-corrected chi connectivity index (χ3v) is 3.11. The van der Waals surface area contributed by atoms with Crippen LogP contribution in [0.4, 0.5) is 5.69 Å². The van der Waals surface area contributed by atoms with Crippen molar-refractivity contribution < 1.29 is 9.59 Å². The van der Waals surface area contributed by atoms with E-state index >= 15 is 0 Å². The monoisotopic (exact) mass is 232 g/mol. The highest BCUT2D eigenvalue weighted by Crippen LogP contribution is 2.24. The topological polar surface area (TPSA) is 72.2 Å². The zero-order valence-electron chi connectivity index (χ0n) is 9.61. The summed E-state index contributed by atoms with van der Waals surface area (Å²) >= 11 is 0. The Kier molecular flexibility index (Phi) is 3.42.